The molecule has 0 bridgehead atoms. The lowest BCUT2D eigenvalue weighted by molar-refractivity contribution is -0.138. The predicted molar refractivity (Wildman–Crippen MR) is 65.6 cm³/mol. The van der Waals surface area contributed by atoms with Crippen molar-refractivity contribution in [2.75, 3.05) is 39.9 Å². The van der Waals surface area contributed by atoms with Crippen molar-refractivity contribution in [1.82, 2.24) is 10.2 Å². The molecule has 0 amide bonds. The second kappa shape index (κ2) is 8.01. The Bertz CT molecular complexity index is 172. The molecule has 0 spiro atoms. The summed E-state index contributed by atoms with van der Waals surface area (Å²) in [5.74, 6) is 0. The molecule has 0 saturated carbocycles. The van der Waals surface area contributed by atoms with E-state index in [4.69, 9.17) is 9.47 Å². The van der Waals surface area contributed by atoms with Crippen LogP contribution in [0.5, 0.6) is 0 Å². The number of nitrogens with one attached hydrogen (secondary N) is 1. The Morgan fingerprint density at radius 3 is 2.50 bits per heavy atom. The quantitative estimate of drug-likeness (QED) is 0.632. The Hall–Kier alpha value is -0.160. The van der Waals surface area contributed by atoms with Crippen molar-refractivity contribution in [1.29, 1.82) is 0 Å². The van der Waals surface area contributed by atoms with Gasteiger partial charge in [0, 0.05) is 38.8 Å². The third kappa shape index (κ3) is 5.25. The highest BCUT2D eigenvalue weighted by atomic mass is 16.7. The maximum absolute atomic E-state index is 5.50. The molecule has 4 heteroatoms. The van der Waals surface area contributed by atoms with Gasteiger partial charge in [-0.15, -0.1) is 0 Å². The maximum Gasteiger partial charge on any atom is 0.158 e. The molecule has 1 fully saturated rings. The molecule has 16 heavy (non-hydrogen) atoms. The summed E-state index contributed by atoms with van der Waals surface area (Å²) < 4.78 is 11.0. The third-order valence-electron chi connectivity index (χ3n) is 2.91. The zero-order chi connectivity index (χ0) is 11.8. The average Bonchev–Trinajstić information content (AvgIpc) is 2.65. The number of hydrogen-bond acceptors (Lipinski definition) is 4. The van der Waals surface area contributed by atoms with E-state index in [-0.39, 0.29) is 6.29 Å². The zero-order valence-electron chi connectivity index (χ0n) is 10.9. The minimum absolute atomic E-state index is 0.0402. The molecule has 0 aromatic carbocycles. The van der Waals surface area contributed by atoms with Crippen LogP contribution in [-0.4, -0.2) is 57.1 Å². The van der Waals surface area contributed by atoms with Gasteiger partial charge in [-0.3, -0.25) is 0 Å². The van der Waals surface area contributed by atoms with E-state index < -0.39 is 0 Å². The van der Waals surface area contributed by atoms with Gasteiger partial charge in [-0.2, -0.15) is 0 Å². The summed E-state index contributed by atoms with van der Waals surface area (Å²) in [6, 6.07) is 0.647. The smallest absolute Gasteiger partial charge is 0.158 e. The van der Waals surface area contributed by atoms with Gasteiger partial charge in [0.05, 0.1) is 0 Å². The van der Waals surface area contributed by atoms with Crippen molar-refractivity contribution in [3.05, 3.63) is 0 Å². The minimum atomic E-state index is -0.0402. The number of likely N-dealkylation sites (N-methyl/N-ethyl adjacent to an activating group) is 1. The van der Waals surface area contributed by atoms with Crippen molar-refractivity contribution in [3.63, 3.8) is 0 Å². The first-order chi connectivity index (χ1) is 7.76. The molecule has 1 N–H and O–H groups in total. The first-order valence-corrected chi connectivity index (χ1v) is 6.41. The number of ether oxygens (including phenoxy) is 2. The van der Waals surface area contributed by atoms with Crippen LogP contribution in [0.4, 0.5) is 0 Å². The zero-order valence-corrected chi connectivity index (χ0v) is 10.9. The highest BCUT2D eigenvalue weighted by molar-refractivity contribution is 4.78. The Labute approximate surface area is 99.3 Å². The van der Waals surface area contributed by atoms with E-state index >= 15 is 0 Å². The predicted octanol–water partition coefficient (Wildman–Crippen LogP) is 1.07. The monoisotopic (exact) mass is 230 g/mol. The van der Waals surface area contributed by atoms with Crippen LogP contribution in [0, 0.1) is 0 Å². The summed E-state index contributed by atoms with van der Waals surface area (Å²) in [6.07, 6.45) is 2.15. The van der Waals surface area contributed by atoms with E-state index in [0.29, 0.717) is 6.04 Å². The average molecular weight is 230 g/mol. The van der Waals surface area contributed by atoms with Crippen LogP contribution in [-0.2, 0) is 9.47 Å². The molecule has 4 nitrogen and oxygen atoms in total. The van der Waals surface area contributed by atoms with Crippen molar-refractivity contribution >= 4 is 0 Å². The van der Waals surface area contributed by atoms with Crippen molar-refractivity contribution in [2.45, 2.75) is 39.0 Å². The molecule has 1 saturated heterocycles. The van der Waals surface area contributed by atoms with E-state index in [9.17, 15) is 0 Å². The van der Waals surface area contributed by atoms with Crippen LogP contribution < -0.4 is 5.32 Å². The van der Waals surface area contributed by atoms with Crippen LogP contribution >= 0.6 is 0 Å². The lowest BCUT2D eigenvalue weighted by atomic mass is 10.2. The van der Waals surface area contributed by atoms with Crippen LogP contribution in [0.2, 0.25) is 0 Å². The minimum Gasteiger partial charge on any atom is -0.353 e. The van der Waals surface area contributed by atoms with Gasteiger partial charge in [0.25, 0.3) is 0 Å². The van der Waals surface area contributed by atoms with Gasteiger partial charge in [-0.1, -0.05) is 0 Å². The van der Waals surface area contributed by atoms with Gasteiger partial charge in [0.2, 0.25) is 0 Å². The van der Waals surface area contributed by atoms with E-state index in [2.05, 4.69) is 17.3 Å². The van der Waals surface area contributed by atoms with E-state index in [1.807, 2.05) is 13.8 Å². The molecule has 1 unspecified atom stereocenters. The SMILES string of the molecule is CCOC(CCNC1CCN(C)C1)OCC. The lowest BCUT2D eigenvalue weighted by Gasteiger charge is -2.18. The molecule has 0 radical (unpaired) electrons. The highest BCUT2D eigenvalue weighted by Gasteiger charge is 2.18. The largest absolute Gasteiger partial charge is 0.353 e. The molecule has 0 aromatic heterocycles. The summed E-state index contributed by atoms with van der Waals surface area (Å²) in [5, 5.41) is 3.56. The van der Waals surface area contributed by atoms with Crippen LogP contribution in [0.25, 0.3) is 0 Å². The fourth-order valence-corrected chi connectivity index (χ4v) is 2.09. The number of nitrogens with zero attached hydrogens (tertiary/aromatic N) is 1. The molecule has 96 valence electrons. The van der Waals surface area contributed by atoms with Crippen LogP contribution in [0.15, 0.2) is 0 Å². The van der Waals surface area contributed by atoms with Crippen LogP contribution in [0.1, 0.15) is 26.7 Å². The van der Waals surface area contributed by atoms with Crippen molar-refractivity contribution in [3.8, 4) is 0 Å². The number of hydrogen-bond donors (Lipinski definition) is 1. The Morgan fingerprint density at radius 1 is 1.31 bits per heavy atom. The van der Waals surface area contributed by atoms with Crippen molar-refractivity contribution in [2.24, 2.45) is 0 Å². The molecule has 1 rings (SSSR count). The summed E-state index contributed by atoms with van der Waals surface area (Å²) in [4.78, 5) is 2.36. The summed E-state index contributed by atoms with van der Waals surface area (Å²) in [5.41, 5.74) is 0. The Balaban J connectivity index is 2.07. The summed E-state index contributed by atoms with van der Waals surface area (Å²) in [6.45, 7) is 8.79. The number of rotatable bonds is 8. The molecule has 0 aromatic rings. The van der Waals surface area contributed by atoms with E-state index in [1.165, 1.54) is 13.0 Å². The topological polar surface area (TPSA) is 33.7 Å². The first-order valence-electron chi connectivity index (χ1n) is 6.41. The van der Waals surface area contributed by atoms with E-state index in [0.717, 1.165) is 32.7 Å². The first kappa shape index (κ1) is 13.9. The highest BCUT2D eigenvalue weighted by Crippen LogP contribution is 2.07. The lowest BCUT2D eigenvalue weighted by Crippen LogP contribution is -2.34. The normalized spacial score (nSPS) is 22.1. The third-order valence-corrected chi connectivity index (χ3v) is 2.91. The molecule has 1 aliphatic rings. The standard InChI is InChI=1S/C12H26N2O2/c1-4-15-12(16-5-2)6-8-13-11-7-9-14(3)10-11/h11-13H,4-10H2,1-3H3. The van der Waals surface area contributed by atoms with Gasteiger partial charge < -0.3 is 19.7 Å². The summed E-state index contributed by atoms with van der Waals surface area (Å²) in [7, 11) is 2.17. The Morgan fingerprint density at radius 2 is 2.00 bits per heavy atom. The van der Waals surface area contributed by atoms with Gasteiger partial charge in [0.1, 0.15) is 0 Å². The summed E-state index contributed by atoms with van der Waals surface area (Å²) >= 11 is 0. The van der Waals surface area contributed by atoms with Gasteiger partial charge in [-0.25, -0.2) is 0 Å². The molecule has 0 aliphatic carbocycles. The molecule has 1 aliphatic heterocycles. The fourth-order valence-electron chi connectivity index (χ4n) is 2.09. The fraction of sp³-hybridized carbons (Fsp3) is 1.00. The molecule has 1 heterocycles. The van der Waals surface area contributed by atoms with E-state index in [1.54, 1.807) is 0 Å². The second-order valence-corrected chi connectivity index (χ2v) is 4.33. The van der Waals surface area contributed by atoms with Gasteiger partial charge >= 0.3 is 0 Å². The second-order valence-electron chi connectivity index (χ2n) is 4.33. The number of likely N-dealkylation sites (tertiary alicyclic amines) is 1. The molecule has 1 atom stereocenters. The molecular weight excluding hydrogens is 204 g/mol. The van der Waals surface area contributed by atoms with Gasteiger partial charge in [-0.05, 0) is 33.9 Å². The van der Waals surface area contributed by atoms with Crippen molar-refractivity contribution < 1.29 is 9.47 Å². The van der Waals surface area contributed by atoms with Crippen LogP contribution in [0.3, 0.4) is 0 Å². The van der Waals surface area contributed by atoms with Gasteiger partial charge in [0.15, 0.2) is 6.29 Å². The Kier molecular flexibility index (Phi) is 6.96. The molecular formula is C12H26N2O2. The maximum atomic E-state index is 5.50.